The van der Waals surface area contributed by atoms with Crippen LogP contribution in [0.3, 0.4) is 0 Å². The summed E-state index contributed by atoms with van der Waals surface area (Å²) in [6, 6.07) is 0.207. The molecular formula is C18H35Cl2N3O2. The van der Waals surface area contributed by atoms with Crippen molar-refractivity contribution >= 4 is 30.7 Å². The van der Waals surface area contributed by atoms with E-state index in [1.54, 1.807) is 0 Å². The summed E-state index contributed by atoms with van der Waals surface area (Å²) in [6.45, 7) is 4.76. The summed E-state index contributed by atoms with van der Waals surface area (Å²) in [5, 5.41) is 3.29. The van der Waals surface area contributed by atoms with Crippen LogP contribution >= 0.6 is 24.8 Å². The van der Waals surface area contributed by atoms with E-state index < -0.39 is 0 Å². The topological polar surface area (TPSA) is 67.6 Å². The van der Waals surface area contributed by atoms with Gasteiger partial charge in [-0.1, -0.05) is 12.8 Å². The molecule has 5 nitrogen and oxygen atoms in total. The van der Waals surface area contributed by atoms with E-state index in [0.717, 1.165) is 58.3 Å². The van der Waals surface area contributed by atoms with Gasteiger partial charge < -0.3 is 15.8 Å². The van der Waals surface area contributed by atoms with Crippen molar-refractivity contribution in [2.45, 2.75) is 69.4 Å². The number of nitrogens with two attached hydrogens (primary N) is 1. The Morgan fingerprint density at radius 2 is 1.76 bits per heavy atom. The Hall–Kier alpha value is -0.0700. The van der Waals surface area contributed by atoms with Crippen molar-refractivity contribution in [1.82, 2.24) is 10.2 Å². The lowest BCUT2D eigenvalue weighted by molar-refractivity contribution is -0.127. The van der Waals surface area contributed by atoms with Gasteiger partial charge in [-0.05, 0) is 58.0 Å². The van der Waals surface area contributed by atoms with Crippen LogP contribution in [0.1, 0.15) is 57.8 Å². The number of amides is 1. The highest BCUT2D eigenvalue weighted by molar-refractivity contribution is 5.85. The number of rotatable bonds is 4. The summed E-state index contributed by atoms with van der Waals surface area (Å²) in [4.78, 5) is 15.2. The molecule has 1 amide bonds. The van der Waals surface area contributed by atoms with Gasteiger partial charge in [-0.2, -0.15) is 0 Å². The summed E-state index contributed by atoms with van der Waals surface area (Å²) in [6.07, 6.45) is 10.0. The van der Waals surface area contributed by atoms with Crippen LogP contribution in [-0.4, -0.2) is 55.2 Å². The molecule has 2 heterocycles. The minimum Gasteiger partial charge on any atom is -0.381 e. The second-order valence-corrected chi connectivity index (χ2v) is 7.73. The quantitative estimate of drug-likeness (QED) is 0.766. The van der Waals surface area contributed by atoms with Gasteiger partial charge in [0.1, 0.15) is 0 Å². The molecule has 0 bridgehead atoms. The summed E-state index contributed by atoms with van der Waals surface area (Å²) in [5.41, 5.74) is 6.16. The van der Waals surface area contributed by atoms with Crippen molar-refractivity contribution in [3.63, 3.8) is 0 Å². The number of likely N-dealkylation sites (tertiary alicyclic amines) is 1. The smallest absolute Gasteiger partial charge is 0.223 e. The maximum Gasteiger partial charge on any atom is 0.223 e. The molecule has 2 unspecified atom stereocenters. The third-order valence-corrected chi connectivity index (χ3v) is 6.13. The van der Waals surface area contributed by atoms with Crippen LogP contribution in [0.5, 0.6) is 0 Å². The van der Waals surface area contributed by atoms with E-state index in [0.29, 0.717) is 0 Å². The molecule has 2 atom stereocenters. The third kappa shape index (κ3) is 5.96. The van der Waals surface area contributed by atoms with Gasteiger partial charge in [0.05, 0.1) is 0 Å². The van der Waals surface area contributed by atoms with Gasteiger partial charge in [-0.25, -0.2) is 0 Å². The van der Waals surface area contributed by atoms with E-state index >= 15 is 0 Å². The number of piperidine rings is 1. The highest BCUT2D eigenvalue weighted by Crippen LogP contribution is 2.31. The van der Waals surface area contributed by atoms with Crippen molar-refractivity contribution in [3.05, 3.63) is 0 Å². The molecule has 0 radical (unpaired) electrons. The van der Waals surface area contributed by atoms with E-state index in [1.807, 2.05) is 0 Å². The summed E-state index contributed by atoms with van der Waals surface area (Å²) in [7, 11) is 0. The van der Waals surface area contributed by atoms with Gasteiger partial charge in [0.25, 0.3) is 0 Å². The lowest BCUT2D eigenvalue weighted by atomic mass is 9.84. The second kappa shape index (κ2) is 10.9. The molecule has 3 N–H and O–H groups in total. The molecule has 3 fully saturated rings. The molecule has 0 aromatic heterocycles. The Bertz CT molecular complexity index is 400. The van der Waals surface area contributed by atoms with E-state index in [2.05, 4.69) is 10.2 Å². The first kappa shape index (κ1) is 23.0. The first-order valence-electron chi connectivity index (χ1n) is 9.56. The molecule has 1 saturated carbocycles. The number of halogens is 2. The number of carbonyl (C=O) groups is 1. The molecular weight excluding hydrogens is 361 g/mol. The minimum absolute atomic E-state index is 0. The number of hydrogen-bond donors (Lipinski definition) is 2. The predicted molar refractivity (Wildman–Crippen MR) is 106 cm³/mol. The zero-order valence-corrected chi connectivity index (χ0v) is 16.8. The molecule has 2 saturated heterocycles. The van der Waals surface area contributed by atoms with Gasteiger partial charge in [-0.15, -0.1) is 24.8 Å². The van der Waals surface area contributed by atoms with Crippen LogP contribution in [0.15, 0.2) is 0 Å². The van der Waals surface area contributed by atoms with E-state index in [-0.39, 0.29) is 48.2 Å². The SMILES string of the molecule is Cl.Cl.NC1CCCC(C(=O)NCC2(N3CCCCC3)CCOCC2)C1. The van der Waals surface area contributed by atoms with Crippen LogP contribution < -0.4 is 11.1 Å². The maximum absolute atomic E-state index is 12.6. The number of carbonyl (C=O) groups excluding carboxylic acids is 1. The van der Waals surface area contributed by atoms with E-state index in [4.69, 9.17) is 10.5 Å². The summed E-state index contributed by atoms with van der Waals surface area (Å²) >= 11 is 0. The zero-order valence-electron chi connectivity index (χ0n) is 15.2. The Labute approximate surface area is 164 Å². The van der Waals surface area contributed by atoms with Crippen LogP contribution in [0, 0.1) is 5.92 Å². The molecule has 0 aromatic carbocycles. The Balaban J connectivity index is 0.00000156. The summed E-state index contributed by atoms with van der Waals surface area (Å²) in [5.74, 6) is 0.347. The molecule has 2 aliphatic heterocycles. The largest absolute Gasteiger partial charge is 0.381 e. The highest BCUT2D eigenvalue weighted by atomic mass is 35.5. The third-order valence-electron chi connectivity index (χ3n) is 6.13. The Morgan fingerprint density at radius 1 is 1.08 bits per heavy atom. The molecule has 7 heteroatoms. The van der Waals surface area contributed by atoms with Gasteiger partial charge in [0, 0.05) is 37.3 Å². The molecule has 148 valence electrons. The molecule has 25 heavy (non-hydrogen) atoms. The van der Waals surface area contributed by atoms with Crippen molar-refractivity contribution in [1.29, 1.82) is 0 Å². The number of nitrogens with one attached hydrogen (secondary N) is 1. The predicted octanol–water partition coefficient (Wildman–Crippen LogP) is 2.50. The Morgan fingerprint density at radius 3 is 2.40 bits per heavy atom. The fourth-order valence-electron chi connectivity index (χ4n) is 4.59. The lowest BCUT2D eigenvalue weighted by Crippen LogP contribution is -2.60. The normalized spacial score (nSPS) is 29.8. The van der Waals surface area contributed by atoms with E-state index in [1.165, 1.54) is 32.4 Å². The van der Waals surface area contributed by atoms with Gasteiger partial charge in [-0.3, -0.25) is 9.69 Å². The molecule has 3 aliphatic rings. The van der Waals surface area contributed by atoms with Gasteiger partial charge in [0.15, 0.2) is 0 Å². The lowest BCUT2D eigenvalue weighted by Gasteiger charge is -2.48. The fourth-order valence-corrected chi connectivity index (χ4v) is 4.59. The van der Waals surface area contributed by atoms with Crippen molar-refractivity contribution in [2.75, 3.05) is 32.8 Å². The van der Waals surface area contributed by atoms with Crippen molar-refractivity contribution in [3.8, 4) is 0 Å². The fraction of sp³-hybridized carbons (Fsp3) is 0.944. The average molecular weight is 396 g/mol. The van der Waals surface area contributed by atoms with E-state index in [9.17, 15) is 4.79 Å². The molecule has 0 aromatic rings. The first-order valence-corrected chi connectivity index (χ1v) is 9.56. The van der Waals surface area contributed by atoms with Crippen LogP contribution in [0.25, 0.3) is 0 Å². The zero-order chi connectivity index (χ0) is 16.1. The van der Waals surface area contributed by atoms with Crippen LogP contribution in [0.2, 0.25) is 0 Å². The first-order chi connectivity index (χ1) is 11.2. The van der Waals surface area contributed by atoms with Gasteiger partial charge in [0.2, 0.25) is 5.91 Å². The monoisotopic (exact) mass is 395 g/mol. The average Bonchev–Trinajstić information content (AvgIpc) is 2.61. The molecule has 0 spiro atoms. The molecule has 1 aliphatic carbocycles. The minimum atomic E-state index is 0. The number of nitrogens with zero attached hydrogens (tertiary/aromatic N) is 1. The number of ether oxygens (including phenoxy) is 1. The molecule has 3 rings (SSSR count). The summed E-state index contributed by atoms with van der Waals surface area (Å²) < 4.78 is 5.60. The maximum atomic E-state index is 12.6. The van der Waals surface area contributed by atoms with Crippen LogP contribution in [0.4, 0.5) is 0 Å². The number of hydrogen-bond acceptors (Lipinski definition) is 4. The van der Waals surface area contributed by atoms with Crippen molar-refractivity contribution < 1.29 is 9.53 Å². The van der Waals surface area contributed by atoms with Crippen molar-refractivity contribution in [2.24, 2.45) is 11.7 Å². The Kier molecular flexibility index (Phi) is 10.0. The highest BCUT2D eigenvalue weighted by Gasteiger charge is 2.39. The van der Waals surface area contributed by atoms with Crippen LogP contribution in [-0.2, 0) is 9.53 Å². The standard InChI is InChI=1S/C18H33N3O2.2ClH/c19-16-6-4-5-15(13-16)17(22)20-14-18(7-11-23-12-8-18)21-9-2-1-3-10-21;;/h15-16H,1-14,19H2,(H,20,22);2*1H. The van der Waals surface area contributed by atoms with Gasteiger partial charge >= 0.3 is 0 Å². The second-order valence-electron chi connectivity index (χ2n) is 7.73.